The first kappa shape index (κ1) is 12.9. The van der Waals surface area contributed by atoms with Crippen molar-refractivity contribution >= 4 is 0 Å². The lowest BCUT2D eigenvalue weighted by atomic mass is 9.98. The van der Waals surface area contributed by atoms with Crippen LogP contribution in [-0.2, 0) is 0 Å². The van der Waals surface area contributed by atoms with Gasteiger partial charge in [0.1, 0.15) is 0 Å². The van der Waals surface area contributed by atoms with Gasteiger partial charge >= 0.3 is 0 Å². The minimum atomic E-state index is 0.314. The molecular formula is C12H26N2O. The summed E-state index contributed by atoms with van der Waals surface area (Å²) < 4.78 is 0. The van der Waals surface area contributed by atoms with Crippen LogP contribution >= 0.6 is 0 Å². The van der Waals surface area contributed by atoms with Crippen molar-refractivity contribution in [3.63, 3.8) is 0 Å². The molecule has 15 heavy (non-hydrogen) atoms. The Hall–Kier alpha value is -0.120. The van der Waals surface area contributed by atoms with Gasteiger partial charge in [0, 0.05) is 19.7 Å². The molecule has 1 aliphatic heterocycles. The third kappa shape index (κ3) is 4.96. The molecule has 0 aromatic rings. The monoisotopic (exact) mass is 214 g/mol. The number of aliphatic hydroxyl groups excluding tert-OH is 1. The number of nitrogens with zero attached hydrogens (tertiary/aromatic N) is 1. The first-order chi connectivity index (χ1) is 7.26. The summed E-state index contributed by atoms with van der Waals surface area (Å²) >= 11 is 0. The third-order valence-electron chi connectivity index (χ3n) is 3.42. The van der Waals surface area contributed by atoms with Gasteiger partial charge in [-0.25, -0.2) is 0 Å². The molecule has 2 N–H and O–H groups in total. The van der Waals surface area contributed by atoms with E-state index in [1.807, 2.05) is 0 Å². The molecule has 1 heterocycles. The molecule has 0 aromatic carbocycles. The van der Waals surface area contributed by atoms with Crippen molar-refractivity contribution in [3.05, 3.63) is 0 Å². The summed E-state index contributed by atoms with van der Waals surface area (Å²) in [6.07, 6.45) is 3.75. The lowest BCUT2D eigenvalue weighted by molar-refractivity contribution is 0.193. The molecule has 0 aromatic heterocycles. The van der Waals surface area contributed by atoms with Gasteiger partial charge in [0.2, 0.25) is 0 Å². The van der Waals surface area contributed by atoms with Gasteiger partial charge < -0.3 is 15.3 Å². The van der Waals surface area contributed by atoms with Crippen LogP contribution in [0, 0.1) is 11.8 Å². The topological polar surface area (TPSA) is 35.5 Å². The summed E-state index contributed by atoms with van der Waals surface area (Å²) in [5, 5.41) is 12.5. The molecule has 2 atom stereocenters. The second kappa shape index (κ2) is 7.20. The van der Waals surface area contributed by atoms with E-state index in [2.05, 4.69) is 24.2 Å². The zero-order valence-electron chi connectivity index (χ0n) is 10.2. The number of aliphatic hydroxyl groups is 1. The first-order valence-corrected chi connectivity index (χ1v) is 6.26. The van der Waals surface area contributed by atoms with E-state index in [1.165, 1.54) is 25.9 Å². The molecule has 0 aliphatic carbocycles. The molecule has 0 amide bonds. The van der Waals surface area contributed by atoms with E-state index in [4.69, 9.17) is 5.11 Å². The van der Waals surface area contributed by atoms with Gasteiger partial charge in [0.25, 0.3) is 0 Å². The Morgan fingerprint density at radius 1 is 1.53 bits per heavy atom. The van der Waals surface area contributed by atoms with Crippen LogP contribution in [0.3, 0.4) is 0 Å². The summed E-state index contributed by atoms with van der Waals surface area (Å²) in [5.74, 6) is 1.24. The second-order valence-corrected chi connectivity index (χ2v) is 4.89. The normalized spacial score (nSPS) is 25.4. The fourth-order valence-corrected chi connectivity index (χ4v) is 2.27. The van der Waals surface area contributed by atoms with Gasteiger partial charge in [-0.2, -0.15) is 0 Å². The van der Waals surface area contributed by atoms with E-state index in [0.29, 0.717) is 12.5 Å². The Bertz CT molecular complexity index is 160. The highest BCUT2D eigenvalue weighted by Gasteiger charge is 2.16. The van der Waals surface area contributed by atoms with Crippen molar-refractivity contribution in [2.75, 3.05) is 39.8 Å². The zero-order chi connectivity index (χ0) is 11.1. The van der Waals surface area contributed by atoms with Crippen LogP contribution in [-0.4, -0.2) is 49.8 Å². The Labute approximate surface area is 93.9 Å². The molecule has 1 aliphatic rings. The quantitative estimate of drug-likeness (QED) is 0.690. The van der Waals surface area contributed by atoms with E-state index in [1.54, 1.807) is 0 Å². The van der Waals surface area contributed by atoms with E-state index >= 15 is 0 Å². The maximum atomic E-state index is 9.06. The molecule has 1 saturated heterocycles. The Morgan fingerprint density at radius 3 is 2.93 bits per heavy atom. The summed E-state index contributed by atoms with van der Waals surface area (Å²) in [5.41, 5.74) is 0. The summed E-state index contributed by atoms with van der Waals surface area (Å²) in [6, 6.07) is 0. The number of piperidine rings is 1. The fraction of sp³-hybridized carbons (Fsp3) is 1.00. The van der Waals surface area contributed by atoms with E-state index in [-0.39, 0.29) is 0 Å². The largest absolute Gasteiger partial charge is 0.396 e. The van der Waals surface area contributed by atoms with Crippen molar-refractivity contribution in [3.8, 4) is 0 Å². The van der Waals surface area contributed by atoms with Crippen LogP contribution in [0.4, 0.5) is 0 Å². The average molecular weight is 214 g/mol. The number of likely N-dealkylation sites (tertiary alicyclic amines) is 1. The van der Waals surface area contributed by atoms with E-state index < -0.39 is 0 Å². The smallest absolute Gasteiger partial charge is 0.0471 e. The summed E-state index contributed by atoms with van der Waals surface area (Å²) in [6.45, 7) is 7.01. The van der Waals surface area contributed by atoms with Crippen LogP contribution in [0.2, 0.25) is 0 Å². The van der Waals surface area contributed by atoms with Crippen molar-refractivity contribution in [2.24, 2.45) is 11.8 Å². The van der Waals surface area contributed by atoms with Gasteiger partial charge in [-0.3, -0.25) is 0 Å². The maximum Gasteiger partial charge on any atom is 0.0471 e. The lowest BCUT2D eigenvalue weighted by Crippen LogP contribution is -2.38. The highest BCUT2D eigenvalue weighted by atomic mass is 16.3. The zero-order valence-corrected chi connectivity index (χ0v) is 10.2. The Balaban J connectivity index is 2.08. The Kier molecular flexibility index (Phi) is 6.22. The molecule has 3 heteroatoms. The van der Waals surface area contributed by atoms with Gasteiger partial charge in [0.15, 0.2) is 0 Å². The maximum absolute atomic E-state index is 9.06. The predicted octanol–water partition coefficient (Wildman–Crippen LogP) is 0.936. The summed E-state index contributed by atoms with van der Waals surface area (Å²) in [7, 11) is 2.20. The number of rotatable bonds is 6. The third-order valence-corrected chi connectivity index (χ3v) is 3.42. The van der Waals surface area contributed by atoms with Crippen molar-refractivity contribution in [1.29, 1.82) is 0 Å². The predicted molar refractivity (Wildman–Crippen MR) is 64.0 cm³/mol. The van der Waals surface area contributed by atoms with Crippen LogP contribution in [0.15, 0.2) is 0 Å². The molecule has 90 valence electrons. The standard InChI is InChI=1S/C12H26N2O/c1-3-11(10-15)7-13-8-12-5-4-6-14(2)9-12/h11-13,15H,3-10H2,1-2H3. The second-order valence-electron chi connectivity index (χ2n) is 4.89. The highest BCUT2D eigenvalue weighted by molar-refractivity contribution is 4.73. The van der Waals surface area contributed by atoms with Gasteiger partial charge in [-0.15, -0.1) is 0 Å². The number of hydrogen-bond donors (Lipinski definition) is 2. The molecule has 0 saturated carbocycles. The minimum Gasteiger partial charge on any atom is -0.396 e. The van der Waals surface area contributed by atoms with Gasteiger partial charge in [-0.1, -0.05) is 6.92 Å². The molecule has 1 rings (SSSR count). The SMILES string of the molecule is CCC(CO)CNCC1CCCN(C)C1. The molecule has 2 unspecified atom stereocenters. The molecule has 1 fully saturated rings. The van der Waals surface area contributed by atoms with Crippen molar-refractivity contribution < 1.29 is 5.11 Å². The van der Waals surface area contributed by atoms with Gasteiger partial charge in [0.05, 0.1) is 0 Å². The van der Waals surface area contributed by atoms with Crippen LogP contribution in [0.1, 0.15) is 26.2 Å². The Morgan fingerprint density at radius 2 is 2.33 bits per heavy atom. The van der Waals surface area contributed by atoms with Gasteiger partial charge in [-0.05, 0) is 51.2 Å². The number of nitrogens with one attached hydrogen (secondary N) is 1. The van der Waals surface area contributed by atoms with Crippen LogP contribution in [0.25, 0.3) is 0 Å². The molecule has 3 nitrogen and oxygen atoms in total. The molecule has 0 bridgehead atoms. The molecule has 0 spiro atoms. The van der Waals surface area contributed by atoms with Crippen molar-refractivity contribution in [2.45, 2.75) is 26.2 Å². The van der Waals surface area contributed by atoms with E-state index in [9.17, 15) is 0 Å². The average Bonchev–Trinajstić information content (AvgIpc) is 2.25. The van der Waals surface area contributed by atoms with Crippen molar-refractivity contribution in [1.82, 2.24) is 10.2 Å². The molecular weight excluding hydrogens is 188 g/mol. The number of hydrogen-bond acceptors (Lipinski definition) is 3. The first-order valence-electron chi connectivity index (χ1n) is 6.26. The van der Waals surface area contributed by atoms with Crippen LogP contribution < -0.4 is 5.32 Å². The summed E-state index contributed by atoms with van der Waals surface area (Å²) in [4.78, 5) is 2.42. The lowest BCUT2D eigenvalue weighted by Gasteiger charge is -2.30. The minimum absolute atomic E-state index is 0.314. The van der Waals surface area contributed by atoms with E-state index in [0.717, 1.165) is 25.4 Å². The highest BCUT2D eigenvalue weighted by Crippen LogP contribution is 2.13. The molecule has 0 radical (unpaired) electrons. The fourth-order valence-electron chi connectivity index (χ4n) is 2.27. The van der Waals surface area contributed by atoms with Crippen LogP contribution in [0.5, 0.6) is 0 Å².